The van der Waals surface area contributed by atoms with Crippen molar-refractivity contribution in [3.05, 3.63) is 90.2 Å². The van der Waals surface area contributed by atoms with Crippen LogP contribution in [0, 0.1) is 0 Å². The van der Waals surface area contributed by atoms with Gasteiger partial charge in [-0.15, -0.1) is 0 Å². The van der Waals surface area contributed by atoms with Gasteiger partial charge in [-0.05, 0) is 24.6 Å². The average Bonchev–Trinajstić information content (AvgIpc) is 3.31. The number of furan rings is 1. The molecule has 0 aliphatic rings. The van der Waals surface area contributed by atoms with Gasteiger partial charge in [-0.2, -0.15) is 0 Å². The number of amides is 1. The number of nitrogens with zero attached hydrogens (tertiary/aromatic N) is 3. The first-order chi connectivity index (χ1) is 13.1. The fourth-order valence-corrected chi connectivity index (χ4v) is 3.23. The molecule has 0 aliphatic heterocycles. The van der Waals surface area contributed by atoms with Crippen LogP contribution in [0.5, 0.6) is 0 Å². The highest BCUT2D eigenvalue weighted by Gasteiger charge is 2.26. The van der Waals surface area contributed by atoms with Crippen LogP contribution in [0.2, 0.25) is 0 Å². The molecule has 2 heterocycles. The third kappa shape index (κ3) is 3.36. The zero-order valence-corrected chi connectivity index (χ0v) is 15.4. The predicted molar refractivity (Wildman–Crippen MR) is 104 cm³/mol. The SMILES string of the molecule is C[C@@H](c1ccccc1)N(Cc1nccn1C)C(=O)c1cc2ccccc2o1. The van der Waals surface area contributed by atoms with Crippen LogP contribution in [0.4, 0.5) is 0 Å². The van der Waals surface area contributed by atoms with E-state index in [0.29, 0.717) is 17.9 Å². The molecule has 0 spiro atoms. The molecule has 4 aromatic rings. The summed E-state index contributed by atoms with van der Waals surface area (Å²) in [4.78, 5) is 19.6. The van der Waals surface area contributed by atoms with Crippen molar-refractivity contribution in [3.63, 3.8) is 0 Å². The Morgan fingerprint density at radius 2 is 1.89 bits per heavy atom. The second-order valence-electron chi connectivity index (χ2n) is 6.62. The van der Waals surface area contributed by atoms with Crippen molar-refractivity contribution in [2.24, 2.45) is 7.05 Å². The van der Waals surface area contributed by atoms with Crippen LogP contribution in [-0.4, -0.2) is 20.4 Å². The van der Waals surface area contributed by atoms with E-state index in [1.807, 2.05) is 79.3 Å². The number of aromatic nitrogens is 2. The van der Waals surface area contributed by atoms with Crippen molar-refractivity contribution in [3.8, 4) is 0 Å². The number of carbonyl (C=O) groups is 1. The van der Waals surface area contributed by atoms with E-state index in [4.69, 9.17) is 4.42 Å². The fourth-order valence-electron chi connectivity index (χ4n) is 3.23. The monoisotopic (exact) mass is 359 g/mol. The average molecular weight is 359 g/mol. The second-order valence-corrected chi connectivity index (χ2v) is 6.62. The number of hydrogen-bond acceptors (Lipinski definition) is 3. The van der Waals surface area contributed by atoms with Gasteiger partial charge < -0.3 is 13.9 Å². The van der Waals surface area contributed by atoms with Gasteiger partial charge in [-0.25, -0.2) is 4.98 Å². The number of fused-ring (bicyclic) bond motifs is 1. The highest BCUT2D eigenvalue weighted by Crippen LogP contribution is 2.27. The van der Waals surface area contributed by atoms with E-state index < -0.39 is 0 Å². The first kappa shape index (κ1) is 17.1. The number of hydrogen-bond donors (Lipinski definition) is 0. The van der Waals surface area contributed by atoms with Crippen molar-refractivity contribution in [1.82, 2.24) is 14.5 Å². The third-order valence-electron chi connectivity index (χ3n) is 4.88. The molecular weight excluding hydrogens is 338 g/mol. The molecule has 0 aliphatic carbocycles. The molecule has 4 rings (SSSR count). The summed E-state index contributed by atoms with van der Waals surface area (Å²) in [7, 11) is 1.93. The molecule has 0 N–H and O–H groups in total. The fraction of sp³-hybridized carbons (Fsp3) is 0.182. The smallest absolute Gasteiger partial charge is 0.290 e. The topological polar surface area (TPSA) is 51.3 Å². The lowest BCUT2D eigenvalue weighted by molar-refractivity contribution is 0.0636. The van der Waals surface area contributed by atoms with Gasteiger partial charge >= 0.3 is 0 Å². The zero-order valence-electron chi connectivity index (χ0n) is 15.4. The van der Waals surface area contributed by atoms with Gasteiger partial charge in [0.15, 0.2) is 5.76 Å². The zero-order chi connectivity index (χ0) is 18.8. The molecule has 5 heteroatoms. The van der Waals surface area contributed by atoms with E-state index in [1.165, 1.54) is 0 Å². The summed E-state index contributed by atoms with van der Waals surface area (Å²) in [5.41, 5.74) is 1.78. The van der Waals surface area contributed by atoms with Crippen LogP contribution in [0.25, 0.3) is 11.0 Å². The lowest BCUT2D eigenvalue weighted by atomic mass is 10.1. The van der Waals surface area contributed by atoms with Gasteiger partial charge in [-0.1, -0.05) is 48.5 Å². The van der Waals surface area contributed by atoms with Crippen LogP contribution in [0.15, 0.2) is 77.5 Å². The van der Waals surface area contributed by atoms with Crippen molar-refractivity contribution in [2.45, 2.75) is 19.5 Å². The minimum absolute atomic E-state index is 0.122. The molecule has 136 valence electrons. The van der Waals surface area contributed by atoms with E-state index in [9.17, 15) is 4.79 Å². The summed E-state index contributed by atoms with van der Waals surface area (Å²) in [5, 5.41) is 0.921. The molecule has 1 amide bonds. The molecule has 0 saturated heterocycles. The summed E-state index contributed by atoms with van der Waals surface area (Å²) >= 11 is 0. The number of para-hydroxylation sites is 1. The van der Waals surface area contributed by atoms with Crippen LogP contribution in [0.1, 0.15) is 34.9 Å². The highest BCUT2D eigenvalue weighted by atomic mass is 16.3. The molecule has 2 aromatic heterocycles. The second kappa shape index (κ2) is 7.11. The molecule has 1 atom stereocenters. The van der Waals surface area contributed by atoms with Crippen LogP contribution in [-0.2, 0) is 13.6 Å². The van der Waals surface area contributed by atoms with E-state index in [-0.39, 0.29) is 11.9 Å². The number of carbonyl (C=O) groups excluding carboxylic acids is 1. The molecular formula is C22H21N3O2. The van der Waals surface area contributed by atoms with E-state index in [0.717, 1.165) is 16.8 Å². The lowest BCUT2D eigenvalue weighted by Crippen LogP contribution is -2.33. The molecule has 2 aromatic carbocycles. The molecule has 0 radical (unpaired) electrons. The van der Waals surface area contributed by atoms with Crippen molar-refractivity contribution in [1.29, 1.82) is 0 Å². The summed E-state index contributed by atoms with van der Waals surface area (Å²) in [5.74, 6) is 1.01. The number of benzene rings is 2. The maximum atomic E-state index is 13.4. The minimum Gasteiger partial charge on any atom is -0.451 e. The molecule has 27 heavy (non-hydrogen) atoms. The Morgan fingerprint density at radius 3 is 2.59 bits per heavy atom. The predicted octanol–water partition coefficient (Wildman–Crippen LogP) is 4.57. The van der Waals surface area contributed by atoms with Gasteiger partial charge in [0.2, 0.25) is 0 Å². The van der Waals surface area contributed by atoms with Crippen LogP contribution in [0.3, 0.4) is 0 Å². The van der Waals surface area contributed by atoms with Crippen molar-refractivity contribution >= 4 is 16.9 Å². The quantitative estimate of drug-likeness (QED) is 0.524. The van der Waals surface area contributed by atoms with E-state index >= 15 is 0 Å². The van der Waals surface area contributed by atoms with Gasteiger partial charge in [-0.3, -0.25) is 4.79 Å². The third-order valence-corrected chi connectivity index (χ3v) is 4.88. The Hall–Kier alpha value is -3.34. The largest absolute Gasteiger partial charge is 0.451 e. The van der Waals surface area contributed by atoms with Gasteiger partial charge in [0.1, 0.15) is 11.4 Å². The van der Waals surface area contributed by atoms with Crippen molar-refractivity contribution < 1.29 is 9.21 Å². The van der Waals surface area contributed by atoms with Crippen LogP contribution < -0.4 is 0 Å². The normalized spacial score (nSPS) is 12.2. The molecule has 0 bridgehead atoms. The Labute approximate surface area is 157 Å². The summed E-state index contributed by atoms with van der Waals surface area (Å²) < 4.78 is 7.76. The standard InChI is InChI=1S/C22H21N3O2/c1-16(17-8-4-3-5-9-17)25(15-21-23-12-13-24(21)2)22(26)20-14-18-10-6-7-11-19(18)27-20/h3-14,16H,15H2,1-2H3/t16-/m0/s1. The number of imidazole rings is 1. The molecule has 5 nitrogen and oxygen atoms in total. The Kier molecular flexibility index (Phi) is 4.50. The Balaban J connectivity index is 1.71. The Morgan fingerprint density at radius 1 is 1.15 bits per heavy atom. The molecule has 0 saturated carbocycles. The molecule has 0 unspecified atom stereocenters. The summed E-state index contributed by atoms with van der Waals surface area (Å²) in [6, 6.07) is 19.3. The number of rotatable bonds is 5. The van der Waals surface area contributed by atoms with Crippen LogP contribution >= 0.6 is 0 Å². The molecule has 0 fully saturated rings. The summed E-state index contributed by atoms with van der Waals surface area (Å²) in [6.07, 6.45) is 3.62. The number of aryl methyl sites for hydroxylation is 1. The summed E-state index contributed by atoms with van der Waals surface area (Å²) in [6.45, 7) is 2.42. The van der Waals surface area contributed by atoms with Gasteiger partial charge in [0, 0.05) is 24.8 Å². The lowest BCUT2D eigenvalue weighted by Gasteiger charge is -2.28. The van der Waals surface area contributed by atoms with E-state index in [2.05, 4.69) is 4.98 Å². The minimum atomic E-state index is -0.148. The van der Waals surface area contributed by atoms with Gasteiger partial charge in [0.25, 0.3) is 5.91 Å². The van der Waals surface area contributed by atoms with Gasteiger partial charge in [0.05, 0.1) is 12.6 Å². The first-order valence-electron chi connectivity index (χ1n) is 8.94. The maximum absolute atomic E-state index is 13.4. The first-order valence-corrected chi connectivity index (χ1v) is 8.94. The van der Waals surface area contributed by atoms with E-state index in [1.54, 1.807) is 17.2 Å². The maximum Gasteiger partial charge on any atom is 0.290 e. The highest BCUT2D eigenvalue weighted by molar-refractivity contribution is 5.96. The Bertz CT molecular complexity index is 1030. The van der Waals surface area contributed by atoms with Crippen molar-refractivity contribution in [2.75, 3.05) is 0 Å².